The largest absolute Gasteiger partial charge is 0.143 e. The summed E-state index contributed by atoms with van der Waals surface area (Å²) in [5.41, 5.74) is 7.58. The normalized spacial score (nSPS) is 12.9. The minimum absolute atomic E-state index is 0.774. The Labute approximate surface area is 469 Å². The molecule has 0 aliphatic rings. The van der Waals surface area contributed by atoms with Gasteiger partial charge in [0.1, 0.15) is 11.0 Å². The fourth-order valence-corrected chi connectivity index (χ4v) is 15.5. The number of benzene rings is 2. The van der Waals surface area contributed by atoms with Gasteiger partial charge in [-0.1, -0.05) is 294 Å². The Bertz CT molecular complexity index is 2170. The number of unbranched alkanes of at least 4 members (excludes halogenated alkanes) is 32. The highest BCUT2D eigenvalue weighted by Gasteiger charge is 2.22. The fraction of sp³-hybridized carbons (Fsp3) is 0.727. The summed E-state index contributed by atoms with van der Waals surface area (Å²) in [7, 11) is 0. The minimum atomic E-state index is 0.774. The van der Waals surface area contributed by atoms with E-state index in [0.29, 0.717) is 0 Å². The number of rotatable bonds is 46. The second-order valence-corrected chi connectivity index (χ2v) is 26.4. The van der Waals surface area contributed by atoms with Crippen molar-refractivity contribution in [1.29, 1.82) is 0 Å². The quantitative estimate of drug-likeness (QED) is 0.0358. The molecule has 4 aromatic heterocycles. The van der Waals surface area contributed by atoms with Crippen LogP contribution in [0.5, 0.6) is 0 Å². The van der Waals surface area contributed by atoms with Gasteiger partial charge >= 0.3 is 0 Å². The molecule has 0 bridgehead atoms. The molecule has 6 rings (SSSR count). The molecule has 0 aliphatic heterocycles. The van der Waals surface area contributed by atoms with Crippen molar-refractivity contribution in [2.45, 2.75) is 297 Å². The molecule has 6 aromatic rings. The van der Waals surface area contributed by atoms with Crippen molar-refractivity contribution in [2.75, 3.05) is 0 Å². The maximum Gasteiger partial charge on any atom is 0.114 e. The monoisotopic (exact) mass is 1080 g/mol. The fourth-order valence-electron chi connectivity index (χ4n) is 12.0. The zero-order chi connectivity index (χ0) is 51.7. The predicted molar refractivity (Wildman–Crippen MR) is 334 cm³/mol. The maximum absolute atomic E-state index is 4.86. The molecular weight excluding hydrogens is 977 g/mol. The molecule has 0 saturated heterocycles. The van der Waals surface area contributed by atoms with E-state index >= 15 is 0 Å². The van der Waals surface area contributed by atoms with E-state index in [4.69, 9.17) is 10.2 Å². The predicted octanol–water partition coefficient (Wildman–Crippen LogP) is 24.3. The number of hydrogen-bond donors (Lipinski definition) is 0. The number of nitrogens with zero attached hydrogens (tertiary/aromatic N) is 4. The summed E-state index contributed by atoms with van der Waals surface area (Å²) < 4.78 is 11.6. The molecule has 412 valence electrons. The Morgan fingerprint density at radius 3 is 0.892 bits per heavy atom. The topological polar surface area (TPSA) is 51.6 Å². The first kappa shape index (κ1) is 61.0. The molecule has 2 atom stereocenters. The molecule has 0 N–H and O–H groups in total. The second kappa shape index (κ2) is 37.5. The van der Waals surface area contributed by atoms with Crippen LogP contribution in [-0.4, -0.2) is 19.2 Å². The SMILES string of the molecule is CCCCCCCCCCCCC(CCCCCCCCCC)Cc1csc(-c2cc3c(cc(-c4cc(CC(CCCCCCCCCC)CCCCCCCCCCCC)cs4)c4snnc43)c3nnsc23)c1. The molecule has 0 amide bonds. The molecule has 0 fully saturated rings. The molecule has 2 aromatic carbocycles. The lowest BCUT2D eigenvalue weighted by Gasteiger charge is -2.16. The molecule has 4 heterocycles. The van der Waals surface area contributed by atoms with Gasteiger partial charge < -0.3 is 0 Å². The maximum atomic E-state index is 4.86. The van der Waals surface area contributed by atoms with E-state index in [2.05, 4.69) is 71.7 Å². The van der Waals surface area contributed by atoms with E-state index < -0.39 is 0 Å². The summed E-state index contributed by atoms with van der Waals surface area (Å²) >= 11 is 6.94. The average molecular weight is 1080 g/mol. The lowest BCUT2D eigenvalue weighted by Crippen LogP contribution is -2.05. The van der Waals surface area contributed by atoms with Crippen LogP contribution >= 0.6 is 45.7 Å². The van der Waals surface area contributed by atoms with Gasteiger partial charge in [0.15, 0.2) is 0 Å². The van der Waals surface area contributed by atoms with Gasteiger partial charge in [-0.05, 0) is 93.9 Å². The zero-order valence-corrected chi connectivity index (χ0v) is 51.0. The summed E-state index contributed by atoms with van der Waals surface area (Å²) in [5, 5.41) is 17.0. The average Bonchev–Trinajstić information content (AvgIpc) is 4.29. The number of aromatic nitrogens is 4. The third kappa shape index (κ3) is 21.5. The molecule has 0 radical (unpaired) electrons. The van der Waals surface area contributed by atoms with E-state index in [1.165, 1.54) is 311 Å². The van der Waals surface area contributed by atoms with Gasteiger partial charge in [-0.15, -0.1) is 32.9 Å². The first-order valence-corrected chi connectivity index (χ1v) is 34.9. The summed E-state index contributed by atoms with van der Waals surface area (Å²) in [6, 6.07) is 9.85. The third-order valence-electron chi connectivity index (χ3n) is 16.6. The van der Waals surface area contributed by atoms with Crippen LogP contribution in [0.1, 0.15) is 296 Å². The van der Waals surface area contributed by atoms with Gasteiger partial charge in [-0.2, -0.15) is 0 Å². The van der Waals surface area contributed by atoms with Crippen molar-refractivity contribution in [1.82, 2.24) is 19.2 Å². The van der Waals surface area contributed by atoms with Crippen LogP contribution in [0.4, 0.5) is 0 Å². The smallest absolute Gasteiger partial charge is 0.114 e. The molecule has 8 heteroatoms. The molecule has 0 saturated carbocycles. The Morgan fingerprint density at radius 1 is 0.338 bits per heavy atom. The van der Waals surface area contributed by atoms with Gasteiger partial charge in [-0.3, -0.25) is 0 Å². The van der Waals surface area contributed by atoms with E-state index in [0.717, 1.165) is 33.6 Å². The first-order chi connectivity index (χ1) is 36.6. The Morgan fingerprint density at radius 2 is 0.608 bits per heavy atom. The van der Waals surface area contributed by atoms with E-state index in [-0.39, 0.29) is 0 Å². The molecule has 4 nitrogen and oxygen atoms in total. The van der Waals surface area contributed by atoms with Crippen LogP contribution in [0.3, 0.4) is 0 Å². The highest BCUT2D eigenvalue weighted by molar-refractivity contribution is 7.17. The summed E-state index contributed by atoms with van der Waals surface area (Å²) in [6.07, 6.45) is 58.5. The van der Waals surface area contributed by atoms with Gasteiger partial charge in [0.25, 0.3) is 0 Å². The van der Waals surface area contributed by atoms with Crippen LogP contribution in [0.15, 0.2) is 35.0 Å². The van der Waals surface area contributed by atoms with Crippen LogP contribution < -0.4 is 0 Å². The Balaban J connectivity index is 1.11. The lowest BCUT2D eigenvalue weighted by molar-refractivity contribution is 0.400. The summed E-state index contributed by atoms with van der Waals surface area (Å²) in [4.78, 5) is 2.68. The lowest BCUT2D eigenvalue weighted by atomic mass is 9.89. The minimum Gasteiger partial charge on any atom is -0.143 e. The van der Waals surface area contributed by atoms with E-state index in [1.807, 2.05) is 22.7 Å². The standard InChI is InChI=1S/C66H104N4S4/c1-5-9-13-17-21-25-27-31-35-39-43-53(41-37-33-29-23-19-15-11-7-3)45-55-47-61(71-51-55)59-49-57-58(63-65(59)73-69-67-63)50-60(66-64(57)68-70-74-66)62-48-56(52-72-62)46-54(42-38-34-30-24-20-16-12-8-4)44-40-36-32-28-26-22-18-14-10-6-2/h47-54H,5-46H2,1-4H3. The molecule has 2 unspecified atom stereocenters. The Kier molecular flexibility index (Phi) is 30.9. The summed E-state index contributed by atoms with van der Waals surface area (Å²) in [5.74, 6) is 1.55. The van der Waals surface area contributed by atoms with Crippen molar-refractivity contribution in [2.24, 2.45) is 11.8 Å². The van der Waals surface area contributed by atoms with Crippen molar-refractivity contribution in [3.05, 3.63) is 46.2 Å². The zero-order valence-electron chi connectivity index (χ0n) is 47.7. The van der Waals surface area contributed by atoms with Gasteiger partial charge in [0.05, 0.1) is 9.40 Å². The van der Waals surface area contributed by atoms with Gasteiger partial charge in [-0.25, -0.2) is 0 Å². The third-order valence-corrected chi connectivity index (χ3v) is 20.1. The van der Waals surface area contributed by atoms with Crippen molar-refractivity contribution in [3.8, 4) is 20.9 Å². The van der Waals surface area contributed by atoms with Crippen LogP contribution in [0.2, 0.25) is 0 Å². The van der Waals surface area contributed by atoms with Gasteiger partial charge in [0.2, 0.25) is 0 Å². The van der Waals surface area contributed by atoms with Gasteiger partial charge in [0, 0.05) is 31.7 Å². The number of hydrogen-bond acceptors (Lipinski definition) is 8. The Hall–Kier alpha value is -2.26. The molecule has 0 spiro atoms. The first-order valence-electron chi connectivity index (χ1n) is 31.6. The van der Waals surface area contributed by atoms with Crippen LogP contribution in [-0.2, 0) is 12.8 Å². The number of fused-ring (bicyclic) bond motifs is 5. The van der Waals surface area contributed by atoms with E-state index in [9.17, 15) is 0 Å². The van der Waals surface area contributed by atoms with Crippen molar-refractivity contribution >= 4 is 76.9 Å². The molecular formula is C66H104N4S4. The van der Waals surface area contributed by atoms with Crippen LogP contribution in [0.25, 0.3) is 52.1 Å². The summed E-state index contributed by atoms with van der Waals surface area (Å²) in [6.45, 7) is 9.28. The highest BCUT2D eigenvalue weighted by Crippen LogP contribution is 2.45. The highest BCUT2D eigenvalue weighted by atomic mass is 32.1. The van der Waals surface area contributed by atoms with E-state index in [1.54, 1.807) is 23.1 Å². The van der Waals surface area contributed by atoms with Crippen LogP contribution in [0, 0.1) is 11.8 Å². The number of thiophene rings is 2. The molecule has 74 heavy (non-hydrogen) atoms. The van der Waals surface area contributed by atoms with Crippen molar-refractivity contribution < 1.29 is 0 Å². The molecule has 0 aliphatic carbocycles. The van der Waals surface area contributed by atoms with Crippen molar-refractivity contribution in [3.63, 3.8) is 0 Å². The second-order valence-electron chi connectivity index (χ2n) is 23.1.